The second kappa shape index (κ2) is 7.17. The standard InChI is InChI=1S/C16H24O3/c1-5-16(2,3)14-11-7-6-9-13(14)10-8-12-19-15(17)18-4/h6-7,9,11H,5,8,10,12H2,1-4H3. The summed E-state index contributed by atoms with van der Waals surface area (Å²) in [5.41, 5.74) is 2.90. The van der Waals surface area contributed by atoms with Gasteiger partial charge in [-0.3, -0.25) is 0 Å². The summed E-state index contributed by atoms with van der Waals surface area (Å²) < 4.78 is 9.34. The fourth-order valence-corrected chi connectivity index (χ4v) is 2.07. The summed E-state index contributed by atoms with van der Waals surface area (Å²) in [7, 11) is 1.32. The fourth-order valence-electron chi connectivity index (χ4n) is 2.07. The van der Waals surface area contributed by atoms with E-state index in [4.69, 9.17) is 4.74 Å². The summed E-state index contributed by atoms with van der Waals surface area (Å²) in [6.45, 7) is 7.12. The monoisotopic (exact) mass is 264 g/mol. The lowest BCUT2D eigenvalue weighted by Crippen LogP contribution is -2.18. The molecule has 0 saturated heterocycles. The number of benzene rings is 1. The van der Waals surface area contributed by atoms with Gasteiger partial charge in [0, 0.05) is 0 Å². The third kappa shape index (κ3) is 4.58. The lowest BCUT2D eigenvalue weighted by Gasteiger charge is -2.26. The molecule has 0 unspecified atom stereocenters. The molecule has 106 valence electrons. The van der Waals surface area contributed by atoms with Crippen molar-refractivity contribution < 1.29 is 14.3 Å². The third-order valence-corrected chi connectivity index (χ3v) is 3.61. The van der Waals surface area contributed by atoms with Crippen molar-refractivity contribution in [1.29, 1.82) is 0 Å². The van der Waals surface area contributed by atoms with E-state index in [1.165, 1.54) is 18.2 Å². The van der Waals surface area contributed by atoms with Crippen LogP contribution in [0.3, 0.4) is 0 Å². The maximum absolute atomic E-state index is 10.9. The maximum Gasteiger partial charge on any atom is 0.507 e. The van der Waals surface area contributed by atoms with E-state index in [2.05, 4.69) is 49.8 Å². The average Bonchev–Trinajstić information content (AvgIpc) is 2.43. The van der Waals surface area contributed by atoms with Gasteiger partial charge in [-0.2, -0.15) is 0 Å². The first-order valence-corrected chi connectivity index (χ1v) is 6.80. The molecule has 0 bridgehead atoms. The Hall–Kier alpha value is -1.51. The quantitative estimate of drug-likeness (QED) is 0.573. The molecule has 3 nitrogen and oxygen atoms in total. The van der Waals surface area contributed by atoms with Crippen molar-refractivity contribution in [2.45, 2.75) is 45.4 Å². The predicted molar refractivity (Wildman–Crippen MR) is 76.4 cm³/mol. The minimum atomic E-state index is -0.609. The number of ether oxygens (including phenoxy) is 2. The molecular weight excluding hydrogens is 240 g/mol. The predicted octanol–water partition coefficient (Wildman–Crippen LogP) is 4.09. The lowest BCUT2D eigenvalue weighted by molar-refractivity contribution is 0.0719. The topological polar surface area (TPSA) is 35.5 Å². The van der Waals surface area contributed by atoms with Crippen LogP contribution in [0, 0.1) is 0 Å². The van der Waals surface area contributed by atoms with Gasteiger partial charge in [0.2, 0.25) is 0 Å². The van der Waals surface area contributed by atoms with E-state index in [9.17, 15) is 4.79 Å². The number of hydrogen-bond acceptors (Lipinski definition) is 3. The van der Waals surface area contributed by atoms with Crippen molar-refractivity contribution in [3.63, 3.8) is 0 Å². The highest BCUT2D eigenvalue weighted by Crippen LogP contribution is 2.30. The smallest absolute Gasteiger partial charge is 0.438 e. The van der Waals surface area contributed by atoms with Gasteiger partial charge in [-0.25, -0.2) is 4.79 Å². The van der Waals surface area contributed by atoms with Gasteiger partial charge in [-0.15, -0.1) is 0 Å². The second-order valence-corrected chi connectivity index (χ2v) is 5.30. The summed E-state index contributed by atoms with van der Waals surface area (Å²) in [6.07, 6.45) is 2.22. The highest BCUT2D eigenvalue weighted by atomic mass is 16.7. The van der Waals surface area contributed by atoms with Crippen LogP contribution in [0.4, 0.5) is 4.79 Å². The van der Waals surface area contributed by atoms with Crippen LogP contribution in [0.1, 0.15) is 44.7 Å². The van der Waals surface area contributed by atoms with Gasteiger partial charge < -0.3 is 9.47 Å². The van der Waals surface area contributed by atoms with Crippen molar-refractivity contribution >= 4 is 6.16 Å². The zero-order valence-corrected chi connectivity index (χ0v) is 12.4. The Morgan fingerprint density at radius 2 is 1.95 bits per heavy atom. The molecule has 3 heteroatoms. The van der Waals surface area contributed by atoms with Crippen molar-refractivity contribution in [2.24, 2.45) is 0 Å². The van der Waals surface area contributed by atoms with Crippen LogP contribution < -0.4 is 0 Å². The molecule has 0 fully saturated rings. The molecule has 19 heavy (non-hydrogen) atoms. The number of hydrogen-bond donors (Lipinski definition) is 0. The largest absolute Gasteiger partial charge is 0.507 e. The van der Waals surface area contributed by atoms with Crippen LogP contribution in [0.5, 0.6) is 0 Å². The van der Waals surface area contributed by atoms with Gasteiger partial charge in [0.25, 0.3) is 0 Å². The Balaban J connectivity index is 2.61. The Labute approximate surface area is 115 Å². The van der Waals surface area contributed by atoms with Gasteiger partial charge >= 0.3 is 6.16 Å². The Bertz CT molecular complexity index is 410. The van der Waals surface area contributed by atoms with Crippen LogP contribution in [-0.2, 0) is 21.3 Å². The molecule has 0 radical (unpaired) electrons. The molecule has 0 heterocycles. The highest BCUT2D eigenvalue weighted by Gasteiger charge is 2.20. The van der Waals surface area contributed by atoms with Crippen molar-refractivity contribution in [2.75, 3.05) is 13.7 Å². The summed E-state index contributed by atoms with van der Waals surface area (Å²) in [6, 6.07) is 8.50. The Morgan fingerprint density at radius 3 is 2.58 bits per heavy atom. The molecule has 0 aliphatic heterocycles. The zero-order chi connectivity index (χ0) is 14.3. The first-order valence-electron chi connectivity index (χ1n) is 6.80. The fraction of sp³-hybridized carbons (Fsp3) is 0.562. The third-order valence-electron chi connectivity index (χ3n) is 3.61. The molecular formula is C16H24O3. The number of methoxy groups -OCH3 is 1. The van der Waals surface area contributed by atoms with E-state index in [0.717, 1.165) is 19.3 Å². The van der Waals surface area contributed by atoms with Crippen molar-refractivity contribution in [3.05, 3.63) is 35.4 Å². The van der Waals surface area contributed by atoms with Crippen LogP contribution >= 0.6 is 0 Å². The minimum absolute atomic E-state index is 0.180. The van der Waals surface area contributed by atoms with Crippen LogP contribution in [0.15, 0.2) is 24.3 Å². The summed E-state index contributed by atoms with van der Waals surface area (Å²) in [5, 5.41) is 0. The molecule has 0 amide bonds. The van der Waals surface area contributed by atoms with Gasteiger partial charge in [0.05, 0.1) is 13.7 Å². The van der Waals surface area contributed by atoms with Gasteiger partial charge in [0.1, 0.15) is 0 Å². The Kier molecular flexibility index (Phi) is 5.87. The van der Waals surface area contributed by atoms with Crippen LogP contribution in [-0.4, -0.2) is 19.9 Å². The highest BCUT2D eigenvalue weighted by molar-refractivity contribution is 5.59. The first-order chi connectivity index (χ1) is 9.01. The SMILES string of the molecule is CCC(C)(C)c1ccccc1CCCOC(=O)OC. The Morgan fingerprint density at radius 1 is 1.26 bits per heavy atom. The normalized spacial score (nSPS) is 11.2. The summed E-state index contributed by atoms with van der Waals surface area (Å²) in [4.78, 5) is 10.9. The van der Waals surface area contributed by atoms with E-state index in [0.29, 0.717) is 6.61 Å². The molecule has 0 saturated carbocycles. The van der Waals surface area contributed by atoms with Gasteiger partial charge in [-0.1, -0.05) is 45.0 Å². The second-order valence-electron chi connectivity index (χ2n) is 5.30. The van der Waals surface area contributed by atoms with Crippen LogP contribution in [0.2, 0.25) is 0 Å². The molecule has 0 aliphatic rings. The lowest BCUT2D eigenvalue weighted by atomic mass is 9.79. The van der Waals surface area contributed by atoms with Gasteiger partial charge in [0.15, 0.2) is 0 Å². The van der Waals surface area contributed by atoms with Crippen molar-refractivity contribution in [3.8, 4) is 0 Å². The number of carbonyl (C=O) groups excluding carboxylic acids is 1. The van der Waals surface area contributed by atoms with Crippen LogP contribution in [0.25, 0.3) is 0 Å². The van der Waals surface area contributed by atoms with E-state index in [1.54, 1.807) is 0 Å². The average molecular weight is 264 g/mol. The molecule has 0 aliphatic carbocycles. The molecule has 1 aromatic rings. The number of rotatable bonds is 6. The molecule has 0 atom stereocenters. The first kappa shape index (κ1) is 15.5. The molecule has 0 aromatic heterocycles. The zero-order valence-electron chi connectivity index (χ0n) is 12.4. The molecule has 0 N–H and O–H groups in total. The maximum atomic E-state index is 10.9. The summed E-state index contributed by atoms with van der Waals surface area (Å²) >= 11 is 0. The molecule has 0 spiro atoms. The summed E-state index contributed by atoms with van der Waals surface area (Å²) in [5.74, 6) is 0. The van der Waals surface area contributed by atoms with E-state index >= 15 is 0 Å². The van der Waals surface area contributed by atoms with E-state index in [-0.39, 0.29) is 5.41 Å². The molecule has 1 rings (SSSR count). The minimum Gasteiger partial charge on any atom is -0.438 e. The molecule has 1 aromatic carbocycles. The van der Waals surface area contributed by atoms with Crippen molar-refractivity contribution in [1.82, 2.24) is 0 Å². The van der Waals surface area contributed by atoms with E-state index < -0.39 is 6.16 Å². The number of aryl methyl sites for hydroxylation is 1. The van der Waals surface area contributed by atoms with E-state index in [1.807, 2.05) is 0 Å². The number of carbonyl (C=O) groups is 1. The van der Waals surface area contributed by atoms with Gasteiger partial charge in [-0.05, 0) is 35.8 Å².